The summed E-state index contributed by atoms with van der Waals surface area (Å²) in [5.74, 6) is -0.675. The summed E-state index contributed by atoms with van der Waals surface area (Å²) in [5, 5.41) is 2.90. The molecule has 0 unspecified atom stereocenters. The summed E-state index contributed by atoms with van der Waals surface area (Å²) >= 11 is 0. The molecule has 1 aliphatic rings. The first-order valence-electron chi connectivity index (χ1n) is 10.9. The zero-order valence-electron chi connectivity index (χ0n) is 18.8. The predicted octanol–water partition coefficient (Wildman–Crippen LogP) is 2.75. The Bertz CT molecular complexity index is 1050. The van der Waals surface area contributed by atoms with Crippen molar-refractivity contribution in [3.63, 3.8) is 0 Å². The van der Waals surface area contributed by atoms with Crippen LogP contribution in [0.5, 0.6) is 0 Å². The van der Waals surface area contributed by atoms with Gasteiger partial charge in [-0.05, 0) is 49.1 Å². The molecule has 2 aromatic carbocycles. The molecule has 1 heterocycles. The number of rotatable bonds is 9. The first-order chi connectivity index (χ1) is 15.2. The van der Waals surface area contributed by atoms with Gasteiger partial charge in [-0.25, -0.2) is 13.1 Å². The maximum atomic E-state index is 12.6. The summed E-state index contributed by atoms with van der Waals surface area (Å²) < 4.78 is 26.7. The standard InChI is InChI=1S/C24H31N3O4S/c1-4-18-9-11-22(12-10-18)27-15-21(13-23(27)28)24(29)25-14-19-5-7-20(8-6-19)16-32(30,31)26-17(2)3/h5-12,17,21,26H,4,13-16H2,1-3H3,(H,25,29)/t21-/m1/s1. The van der Waals surface area contributed by atoms with Gasteiger partial charge >= 0.3 is 0 Å². The number of anilines is 1. The zero-order valence-corrected chi connectivity index (χ0v) is 19.6. The van der Waals surface area contributed by atoms with Gasteiger partial charge in [-0.2, -0.15) is 0 Å². The highest BCUT2D eigenvalue weighted by molar-refractivity contribution is 7.88. The molecular formula is C24H31N3O4S. The zero-order chi connectivity index (χ0) is 23.3. The van der Waals surface area contributed by atoms with Crippen LogP contribution in [0.15, 0.2) is 48.5 Å². The summed E-state index contributed by atoms with van der Waals surface area (Å²) in [6, 6.07) is 14.8. The third-order valence-electron chi connectivity index (χ3n) is 5.41. The minimum absolute atomic E-state index is 0.0463. The van der Waals surface area contributed by atoms with Crippen LogP contribution in [0.3, 0.4) is 0 Å². The van der Waals surface area contributed by atoms with Crippen molar-refractivity contribution in [2.45, 2.75) is 52.0 Å². The van der Waals surface area contributed by atoms with E-state index in [2.05, 4.69) is 17.0 Å². The normalized spacial score (nSPS) is 16.6. The van der Waals surface area contributed by atoms with E-state index in [9.17, 15) is 18.0 Å². The lowest BCUT2D eigenvalue weighted by Gasteiger charge is -2.17. The van der Waals surface area contributed by atoms with E-state index in [0.717, 1.165) is 17.7 Å². The van der Waals surface area contributed by atoms with E-state index >= 15 is 0 Å². The number of hydrogen-bond acceptors (Lipinski definition) is 4. The summed E-state index contributed by atoms with van der Waals surface area (Å²) in [6.07, 6.45) is 1.13. The molecule has 0 saturated carbocycles. The highest BCUT2D eigenvalue weighted by atomic mass is 32.2. The van der Waals surface area contributed by atoms with E-state index < -0.39 is 10.0 Å². The molecule has 2 amide bonds. The highest BCUT2D eigenvalue weighted by Gasteiger charge is 2.34. The van der Waals surface area contributed by atoms with Gasteiger partial charge in [0.2, 0.25) is 21.8 Å². The van der Waals surface area contributed by atoms with Crippen molar-refractivity contribution in [3.8, 4) is 0 Å². The van der Waals surface area contributed by atoms with Gasteiger partial charge in [0.25, 0.3) is 0 Å². The van der Waals surface area contributed by atoms with Gasteiger partial charge in [-0.1, -0.05) is 43.3 Å². The fourth-order valence-electron chi connectivity index (χ4n) is 3.75. The van der Waals surface area contributed by atoms with Crippen LogP contribution in [0.1, 0.15) is 43.9 Å². The smallest absolute Gasteiger partial charge is 0.227 e. The van der Waals surface area contributed by atoms with Crippen LogP contribution in [-0.4, -0.2) is 32.8 Å². The number of benzene rings is 2. The average Bonchev–Trinajstić information content (AvgIpc) is 3.13. The van der Waals surface area contributed by atoms with E-state index in [1.807, 2.05) is 36.4 Å². The molecule has 0 spiro atoms. The van der Waals surface area contributed by atoms with Crippen molar-refractivity contribution in [2.75, 3.05) is 11.4 Å². The molecule has 2 aromatic rings. The Morgan fingerprint density at radius 2 is 1.62 bits per heavy atom. The minimum Gasteiger partial charge on any atom is -0.352 e. The highest BCUT2D eigenvalue weighted by Crippen LogP contribution is 2.25. The first kappa shape index (κ1) is 23.9. The van der Waals surface area contributed by atoms with Crippen LogP contribution in [0, 0.1) is 5.92 Å². The largest absolute Gasteiger partial charge is 0.352 e. The second-order valence-corrected chi connectivity index (χ2v) is 10.2. The van der Waals surface area contributed by atoms with Crippen molar-refractivity contribution >= 4 is 27.5 Å². The van der Waals surface area contributed by atoms with Gasteiger partial charge in [0.05, 0.1) is 11.7 Å². The monoisotopic (exact) mass is 457 g/mol. The quantitative estimate of drug-likeness (QED) is 0.605. The van der Waals surface area contributed by atoms with Crippen molar-refractivity contribution in [2.24, 2.45) is 5.92 Å². The second-order valence-electron chi connectivity index (χ2n) is 8.49. The van der Waals surface area contributed by atoms with Gasteiger partial charge in [0.15, 0.2) is 0 Å². The van der Waals surface area contributed by atoms with Gasteiger partial charge < -0.3 is 10.2 Å². The molecule has 2 N–H and O–H groups in total. The number of amides is 2. The molecule has 1 saturated heterocycles. The van der Waals surface area contributed by atoms with E-state index in [4.69, 9.17) is 0 Å². The van der Waals surface area contributed by atoms with E-state index in [0.29, 0.717) is 18.7 Å². The number of carbonyl (C=O) groups excluding carboxylic acids is 2. The molecule has 0 bridgehead atoms. The molecule has 172 valence electrons. The number of nitrogens with zero attached hydrogens (tertiary/aromatic N) is 1. The Kier molecular flexibility index (Phi) is 7.69. The lowest BCUT2D eigenvalue weighted by atomic mass is 10.1. The lowest BCUT2D eigenvalue weighted by molar-refractivity contribution is -0.126. The molecule has 7 nitrogen and oxygen atoms in total. The summed E-state index contributed by atoms with van der Waals surface area (Å²) in [5.41, 5.74) is 3.57. The van der Waals surface area contributed by atoms with Crippen molar-refractivity contribution in [1.29, 1.82) is 0 Å². The summed E-state index contributed by atoms with van der Waals surface area (Å²) in [4.78, 5) is 26.7. The van der Waals surface area contributed by atoms with Gasteiger partial charge in [-0.15, -0.1) is 0 Å². The van der Waals surface area contributed by atoms with Crippen LogP contribution in [-0.2, 0) is 38.3 Å². The molecule has 32 heavy (non-hydrogen) atoms. The molecule has 8 heteroatoms. The molecule has 1 atom stereocenters. The third kappa shape index (κ3) is 6.40. The van der Waals surface area contributed by atoms with Crippen molar-refractivity contribution in [3.05, 3.63) is 65.2 Å². The molecular weight excluding hydrogens is 426 g/mol. The molecule has 0 radical (unpaired) electrons. The Hall–Kier alpha value is -2.71. The number of aryl methyl sites for hydroxylation is 1. The first-order valence-corrected chi connectivity index (χ1v) is 12.6. The maximum absolute atomic E-state index is 12.6. The second kappa shape index (κ2) is 10.3. The molecule has 1 aliphatic heterocycles. The lowest BCUT2D eigenvalue weighted by Crippen LogP contribution is -2.32. The Morgan fingerprint density at radius 3 is 2.22 bits per heavy atom. The minimum atomic E-state index is -3.38. The number of sulfonamides is 1. The van der Waals surface area contributed by atoms with Crippen LogP contribution in [0.25, 0.3) is 0 Å². The van der Waals surface area contributed by atoms with Crippen molar-refractivity contribution < 1.29 is 18.0 Å². The topological polar surface area (TPSA) is 95.6 Å². The van der Waals surface area contributed by atoms with E-state index in [-0.39, 0.29) is 35.9 Å². The Labute approximate surface area is 190 Å². The van der Waals surface area contributed by atoms with E-state index in [1.165, 1.54) is 5.56 Å². The van der Waals surface area contributed by atoms with Crippen LogP contribution >= 0.6 is 0 Å². The summed E-state index contributed by atoms with van der Waals surface area (Å²) in [7, 11) is -3.38. The Morgan fingerprint density at radius 1 is 1.03 bits per heavy atom. The number of hydrogen-bond donors (Lipinski definition) is 2. The maximum Gasteiger partial charge on any atom is 0.227 e. The molecule has 0 aliphatic carbocycles. The fourth-order valence-corrected chi connectivity index (χ4v) is 5.18. The van der Waals surface area contributed by atoms with Gasteiger partial charge in [0.1, 0.15) is 0 Å². The van der Waals surface area contributed by atoms with Crippen LogP contribution < -0.4 is 14.9 Å². The third-order valence-corrected chi connectivity index (χ3v) is 6.96. The Balaban J connectivity index is 1.52. The van der Waals surface area contributed by atoms with Crippen LogP contribution in [0.4, 0.5) is 5.69 Å². The molecule has 1 fully saturated rings. The number of nitrogens with one attached hydrogen (secondary N) is 2. The van der Waals surface area contributed by atoms with Gasteiger partial charge in [0, 0.05) is 31.2 Å². The molecule has 3 rings (SSSR count). The fraction of sp³-hybridized carbons (Fsp3) is 0.417. The number of carbonyl (C=O) groups is 2. The van der Waals surface area contributed by atoms with Crippen molar-refractivity contribution in [1.82, 2.24) is 10.0 Å². The summed E-state index contributed by atoms with van der Waals surface area (Å²) in [6.45, 7) is 6.34. The van der Waals surface area contributed by atoms with Crippen LogP contribution in [0.2, 0.25) is 0 Å². The van der Waals surface area contributed by atoms with E-state index in [1.54, 1.807) is 30.9 Å². The SMILES string of the molecule is CCc1ccc(N2C[C@H](C(=O)NCc3ccc(CS(=O)(=O)NC(C)C)cc3)CC2=O)cc1. The predicted molar refractivity (Wildman–Crippen MR) is 125 cm³/mol. The molecule has 0 aromatic heterocycles. The average molecular weight is 458 g/mol. The van der Waals surface area contributed by atoms with Gasteiger partial charge in [-0.3, -0.25) is 9.59 Å².